The molecule has 1 aliphatic rings. The topological polar surface area (TPSA) is 117 Å². The first-order valence-corrected chi connectivity index (χ1v) is 18.5. The number of pyridine rings is 2. The summed E-state index contributed by atoms with van der Waals surface area (Å²) in [5, 5.41) is 4.14. The normalized spacial score (nSPS) is 16.0. The average Bonchev–Trinajstić information content (AvgIpc) is 3.22. The fraction of sp³-hybridized carbons (Fsp3) is 0.279. The number of likely N-dealkylation sites (N-methyl/N-ethyl adjacent to an activating group) is 1. The van der Waals surface area contributed by atoms with Gasteiger partial charge in [0.05, 0.1) is 32.2 Å². The lowest BCUT2D eigenvalue weighted by Gasteiger charge is -2.47. The predicted molar refractivity (Wildman–Crippen MR) is 213 cm³/mol. The van der Waals surface area contributed by atoms with Crippen molar-refractivity contribution < 1.29 is 23.9 Å². The number of carbonyl (C=O) groups is 3. The number of benzene rings is 3. The van der Waals surface area contributed by atoms with Gasteiger partial charge in [-0.25, -0.2) is 9.78 Å². The van der Waals surface area contributed by atoms with Crippen molar-refractivity contribution >= 4 is 41.0 Å². The first kappa shape index (κ1) is 38.8. The van der Waals surface area contributed by atoms with Gasteiger partial charge in [-0.3, -0.25) is 19.5 Å². The summed E-state index contributed by atoms with van der Waals surface area (Å²) in [6.07, 6.45) is 6.32. The van der Waals surface area contributed by atoms with Gasteiger partial charge in [-0.15, -0.1) is 0 Å². The van der Waals surface area contributed by atoms with Crippen LogP contribution in [0.25, 0.3) is 0 Å². The van der Waals surface area contributed by atoms with Gasteiger partial charge in [-0.2, -0.15) is 0 Å². The molecule has 0 spiro atoms. The Morgan fingerprint density at radius 2 is 1.53 bits per heavy atom. The van der Waals surface area contributed by atoms with Crippen LogP contribution in [0.5, 0.6) is 11.5 Å². The van der Waals surface area contributed by atoms with Gasteiger partial charge in [0, 0.05) is 43.4 Å². The SMILES string of the molecule is CC[C@H](c1cccc(Cl)c1)N(C)C(=O)N1C(=O)[C@H](Cc2ccnc(NC(Cc3ccc(OC)cc3)c3ccc(OC)cc3)c2)[C@H]1C(=O)N(C)c1ccncc1. The van der Waals surface area contributed by atoms with E-state index in [-0.39, 0.29) is 24.4 Å². The van der Waals surface area contributed by atoms with E-state index in [1.807, 2.05) is 85.8 Å². The summed E-state index contributed by atoms with van der Waals surface area (Å²) in [6.45, 7) is 1.96. The largest absolute Gasteiger partial charge is 0.497 e. The van der Waals surface area contributed by atoms with Gasteiger partial charge in [-0.05, 0) is 102 Å². The zero-order valence-corrected chi connectivity index (χ0v) is 32.3. The molecule has 1 aliphatic heterocycles. The van der Waals surface area contributed by atoms with Crippen molar-refractivity contribution in [3.8, 4) is 11.5 Å². The molecular formula is C43H45ClN6O5. The second-order valence-corrected chi connectivity index (χ2v) is 13.9. The molecule has 0 radical (unpaired) electrons. The minimum Gasteiger partial charge on any atom is -0.497 e. The van der Waals surface area contributed by atoms with E-state index in [1.165, 1.54) is 9.80 Å². The third kappa shape index (κ3) is 8.73. The first-order chi connectivity index (χ1) is 26.6. The van der Waals surface area contributed by atoms with E-state index in [2.05, 4.69) is 15.3 Å². The Kier molecular flexibility index (Phi) is 12.3. The number of urea groups is 1. The first-order valence-electron chi connectivity index (χ1n) is 18.1. The Balaban J connectivity index is 1.26. The minimum absolute atomic E-state index is 0.162. The number of carbonyl (C=O) groups excluding carboxylic acids is 3. The Bertz CT molecular complexity index is 2100. The molecule has 0 aliphatic carbocycles. The molecule has 6 rings (SSSR count). The highest BCUT2D eigenvalue weighted by atomic mass is 35.5. The van der Waals surface area contributed by atoms with Crippen LogP contribution in [0.15, 0.2) is 116 Å². The number of likely N-dealkylation sites (tertiary alicyclic amines) is 1. The molecule has 12 heteroatoms. The van der Waals surface area contributed by atoms with Gasteiger partial charge in [0.1, 0.15) is 23.4 Å². The van der Waals surface area contributed by atoms with Gasteiger partial charge in [0.25, 0.3) is 5.91 Å². The van der Waals surface area contributed by atoms with Crippen LogP contribution in [-0.4, -0.2) is 72.0 Å². The highest BCUT2D eigenvalue weighted by Gasteiger charge is 2.56. The van der Waals surface area contributed by atoms with Crippen molar-refractivity contribution in [1.29, 1.82) is 0 Å². The van der Waals surface area contributed by atoms with E-state index in [0.29, 0.717) is 29.4 Å². The number of hydrogen-bond acceptors (Lipinski definition) is 8. The molecule has 3 aromatic carbocycles. The number of methoxy groups -OCH3 is 2. The van der Waals surface area contributed by atoms with E-state index in [4.69, 9.17) is 21.1 Å². The summed E-state index contributed by atoms with van der Waals surface area (Å²) >= 11 is 6.30. The van der Waals surface area contributed by atoms with Crippen LogP contribution in [0.2, 0.25) is 5.02 Å². The van der Waals surface area contributed by atoms with Crippen LogP contribution < -0.4 is 19.7 Å². The summed E-state index contributed by atoms with van der Waals surface area (Å²) < 4.78 is 10.7. The summed E-state index contributed by atoms with van der Waals surface area (Å²) in [5.41, 5.74) is 4.36. The maximum absolute atomic E-state index is 14.3. The predicted octanol–water partition coefficient (Wildman–Crippen LogP) is 7.78. The van der Waals surface area contributed by atoms with Crippen molar-refractivity contribution in [2.75, 3.05) is 38.5 Å². The lowest BCUT2D eigenvalue weighted by atomic mass is 9.81. The quantitative estimate of drug-likeness (QED) is 0.114. The van der Waals surface area contributed by atoms with Crippen molar-refractivity contribution in [1.82, 2.24) is 19.8 Å². The standard InChI is InChI=1S/C43H45ClN6O5/c1-6-38(31-8-7-9-32(44)27-31)49(3)43(53)50-40(42(52)48(2)33-19-21-45-22-20-33)36(41(50)51)24-29-18-23-46-39(26-29)47-37(30-12-16-35(55-5)17-13-30)25-28-10-14-34(54-4)15-11-28/h7-23,26-27,36-38,40H,6,24-25H2,1-5H3,(H,46,47)/t36-,37?,38-,40+/m1/s1. The van der Waals surface area contributed by atoms with Gasteiger partial charge in [0.2, 0.25) is 5.91 Å². The molecule has 1 unspecified atom stereocenters. The highest BCUT2D eigenvalue weighted by Crippen LogP contribution is 2.36. The zero-order chi connectivity index (χ0) is 39.1. The molecule has 3 heterocycles. The minimum atomic E-state index is -1.04. The summed E-state index contributed by atoms with van der Waals surface area (Å²) in [4.78, 5) is 55.3. The smallest absolute Gasteiger partial charge is 0.327 e. The molecule has 5 aromatic rings. The Hall–Kier alpha value is -5.94. The van der Waals surface area contributed by atoms with Crippen molar-refractivity contribution in [2.24, 2.45) is 5.92 Å². The van der Waals surface area contributed by atoms with Crippen LogP contribution in [0.1, 0.15) is 47.7 Å². The highest BCUT2D eigenvalue weighted by molar-refractivity contribution is 6.30. The molecule has 1 N–H and O–H groups in total. The van der Waals surface area contributed by atoms with Crippen LogP contribution >= 0.6 is 11.6 Å². The maximum Gasteiger partial charge on any atom is 0.327 e. The monoisotopic (exact) mass is 760 g/mol. The summed E-state index contributed by atoms with van der Waals surface area (Å²) in [6, 6.07) is 28.2. The van der Waals surface area contributed by atoms with Gasteiger partial charge in [-0.1, -0.05) is 54.9 Å². The van der Waals surface area contributed by atoms with Gasteiger partial charge < -0.3 is 24.6 Å². The third-order valence-electron chi connectivity index (χ3n) is 10.2. The fourth-order valence-electron chi connectivity index (χ4n) is 7.09. The van der Waals surface area contributed by atoms with E-state index in [9.17, 15) is 14.4 Å². The number of amides is 4. The van der Waals surface area contributed by atoms with Crippen LogP contribution in [0.3, 0.4) is 0 Å². The molecule has 1 saturated heterocycles. The Labute approximate surface area is 326 Å². The molecule has 2 aromatic heterocycles. The second kappa shape index (κ2) is 17.5. The molecule has 55 heavy (non-hydrogen) atoms. The number of nitrogens with one attached hydrogen (secondary N) is 1. The number of aromatic nitrogens is 2. The number of hydrogen-bond donors (Lipinski definition) is 1. The molecule has 0 bridgehead atoms. The zero-order valence-electron chi connectivity index (χ0n) is 31.6. The fourth-order valence-corrected chi connectivity index (χ4v) is 7.28. The molecular weight excluding hydrogens is 716 g/mol. The number of ether oxygens (including phenoxy) is 2. The number of halogens is 1. The van der Waals surface area contributed by atoms with Crippen LogP contribution in [0.4, 0.5) is 16.3 Å². The van der Waals surface area contributed by atoms with Crippen LogP contribution in [0, 0.1) is 5.92 Å². The van der Waals surface area contributed by atoms with E-state index in [1.54, 1.807) is 65.1 Å². The van der Waals surface area contributed by atoms with E-state index >= 15 is 0 Å². The lowest BCUT2D eigenvalue weighted by Crippen LogP contribution is -2.70. The molecule has 284 valence electrons. The average molecular weight is 761 g/mol. The number of anilines is 2. The lowest BCUT2D eigenvalue weighted by molar-refractivity contribution is -0.157. The molecule has 4 amide bonds. The molecule has 11 nitrogen and oxygen atoms in total. The van der Waals surface area contributed by atoms with Crippen molar-refractivity contribution in [3.05, 3.63) is 143 Å². The number of imide groups is 1. The van der Waals surface area contributed by atoms with E-state index in [0.717, 1.165) is 38.7 Å². The summed E-state index contributed by atoms with van der Waals surface area (Å²) in [5.74, 6) is 0.563. The van der Waals surface area contributed by atoms with Crippen molar-refractivity contribution in [2.45, 2.75) is 44.3 Å². The number of rotatable bonds is 14. The maximum atomic E-state index is 14.3. The van der Waals surface area contributed by atoms with Crippen molar-refractivity contribution in [3.63, 3.8) is 0 Å². The Morgan fingerprint density at radius 3 is 2.16 bits per heavy atom. The van der Waals surface area contributed by atoms with Crippen LogP contribution in [-0.2, 0) is 22.4 Å². The van der Waals surface area contributed by atoms with Gasteiger partial charge >= 0.3 is 6.03 Å². The number of β-lactam (4-membered cyclic amide) rings is 1. The molecule has 1 fully saturated rings. The summed E-state index contributed by atoms with van der Waals surface area (Å²) in [7, 11) is 6.57. The van der Waals surface area contributed by atoms with E-state index < -0.39 is 23.9 Å². The third-order valence-corrected chi connectivity index (χ3v) is 10.4. The molecule has 0 saturated carbocycles. The Morgan fingerprint density at radius 1 is 0.855 bits per heavy atom. The number of nitrogens with zero attached hydrogens (tertiary/aromatic N) is 5. The molecule has 4 atom stereocenters. The van der Waals surface area contributed by atoms with Gasteiger partial charge in [0.15, 0.2) is 0 Å². The second-order valence-electron chi connectivity index (χ2n) is 13.5.